The predicted octanol–water partition coefficient (Wildman–Crippen LogP) is 4.11. The van der Waals surface area contributed by atoms with Gasteiger partial charge in [0.05, 0.1) is 6.61 Å². The summed E-state index contributed by atoms with van der Waals surface area (Å²) in [4.78, 5) is 12.4. The van der Waals surface area contributed by atoms with E-state index in [1.165, 1.54) is 0 Å². The van der Waals surface area contributed by atoms with Gasteiger partial charge in [-0.2, -0.15) is 5.10 Å². The maximum absolute atomic E-state index is 12.4. The van der Waals surface area contributed by atoms with E-state index in [1.54, 1.807) is 77.7 Å². The smallest absolute Gasteiger partial charge is 0.255 e. The summed E-state index contributed by atoms with van der Waals surface area (Å²) >= 11 is 0. The first-order valence-electron chi connectivity index (χ1n) is 9.37. The van der Waals surface area contributed by atoms with E-state index in [0.717, 1.165) is 5.75 Å². The molecule has 0 aliphatic carbocycles. The fourth-order valence-electron chi connectivity index (χ4n) is 2.69. The molecule has 0 aliphatic rings. The summed E-state index contributed by atoms with van der Waals surface area (Å²) in [6, 6.07) is 19.3. The highest BCUT2D eigenvalue weighted by Crippen LogP contribution is 2.22. The van der Waals surface area contributed by atoms with Gasteiger partial charge in [0.1, 0.15) is 11.5 Å². The fraction of sp³-hybridized carbons (Fsp3) is 0.0909. The molecule has 30 heavy (non-hydrogen) atoms. The summed E-state index contributed by atoms with van der Waals surface area (Å²) in [6.45, 7) is 2.50. The highest BCUT2D eigenvalue weighted by atomic mass is 16.5. The molecule has 2 aromatic heterocycles. The zero-order valence-corrected chi connectivity index (χ0v) is 16.2. The quantitative estimate of drug-likeness (QED) is 0.501. The topological polar surface area (TPSA) is 91.2 Å². The number of hydrogen-bond acceptors (Lipinski definition) is 6. The number of benzene rings is 2. The van der Waals surface area contributed by atoms with Crippen LogP contribution >= 0.6 is 0 Å². The van der Waals surface area contributed by atoms with Crippen molar-refractivity contribution in [2.75, 3.05) is 11.9 Å². The molecule has 2 heterocycles. The van der Waals surface area contributed by atoms with E-state index in [4.69, 9.17) is 9.47 Å². The van der Waals surface area contributed by atoms with E-state index in [9.17, 15) is 4.79 Å². The molecule has 0 fully saturated rings. The van der Waals surface area contributed by atoms with Gasteiger partial charge in [0.15, 0.2) is 5.82 Å². The van der Waals surface area contributed by atoms with Gasteiger partial charge in [-0.1, -0.05) is 0 Å². The largest absolute Gasteiger partial charge is 0.494 e. The number of anilines is 1. The Labute approximate surface area is 173 Å². The summed E-state index contributed by atoms with van der Waals surface area (Å²) in [5.74, 6) is 2.06. The van der Waals surface area contributed by atoms with Crippen LogP contribution in [-0.2, 0) is 0 Å². The number of nitrogens with zero attached hydrogens (tertiary/aromatic N) is 4. The minimum atomic E-state index is -0.202. The Morgan fingerprint density at radius 3 is 2.37 bits per heavy atom. The van der Waals surface area contributed by atoms with Crippen molar-refractivity contribution in [3.63, 3.8) is 0 Å². The molecule has 0 aliphatic heterocycles. The maximum atomic E-state index is 12.4. The second kappa shape index (κ2) is 8.87. The highest BCUT2D eigenvalue weighted by Gasteiger charge is 2.07. The van der Waals surface area contributed by atoms with Gasteiger partial charge >= 0.3 is 0 Å². The first kappa shape index (κ1) is 19.1. The maximum Gasteiger partial charge on any atom is 0.255 e. The molecule has 0 spiro atoms. The van der Waals surface area contributed by atoms with Gasteiger partial charge in [0.2, 0.25) is 5.88 Å². The van der Waals surface area contributed by atoms with Gasteiger partial charge in [-0.25, -0.2) is 4.68 Å². The SMILES string of the molecule is CCOc1ccc(C(=O)Nc2ccc(Oc3ccc(-n4cccn4)nn3)cc2)cc1. The average Bonchev–Trinajstić information content (AvgIpc) is 3.31. The Balaban J connectivity index is 1.36. The van der Waals surface area contributed by atoms with Crippen molar-refractivity contribution in [1.29, 1.82) is 0 Å². The Morgan fingerprint density at radius 1 is 0.967 bits per heavy atom. The van der Waals surface area contributed by atoms with Crippen LogP contribution in [0.5, 0.6) is 17.4 Å². The van der Waals surface area contributed by atoms with Gasteiger partial charge in [-0.05, 0) is 67.6 Å². The van der Waals surface area contributed by atoms with Crippen LogP contribution in [0.15, 0.2) is 79.1 Å². The summed E-state index contributed by atoms with van der Waals surface area (Å²) in [7, 11) is 0. The molecule has 0 bridgehead atoms. The molecular formula is C22H19N5O3. The first-order valence-corrected chi connectivity index (χ1v) is 9.37. The average molecular weight is 401 g/mol. The standard InChI is InChI=1S/C22H19N5O3/c1-2-29-18-8-4-16(5-9-18)22(28)24-17-6-10-19(11-7-17)30-21-13-12-20(25-26-21)27-15-3-14-23-27/h3-15H,2H2,1H3,(H,24,28). The van der Waals surface area contributed by atoms with E-state index in [2.05, 4.69) is 20.6 Å². The number of carbonyl (C=O) groups is 1. The fourth-order valence-corrected chi connectivity index (χ4v) is 2.69. The van der Waals surface area contributed by atoms with Crippen molar-refractivity contribution in [2.45, 2.75) is 6.92 Å². The molecule has 8 heteroatoms. The third kappa shape index (κ3) is 4.61. The summed E-state index contributed by atoms with van der Waals surface area (Å²) < 4.78 is 12.7. The minimum Gasteiger partial charge on any atom is -0.494 e. The molecule has 0 unspecified atom stereocenters. The number of rotatable bonds is 7. The Hall–Kier alpha value is -4.20. The van der Waals surface area contributed by atoms with Crippen LogP contribution in [0.4, 0.5) is 5.69 Å². The van der Waals surface area contributed by atoms with Crippen molar-refractivity contribution in [3.05, 3.63) is 84.7 Å². The lowest BCUT2D eigenvalue weighted by Gasteiger charge is -2.08. The lowest BCUT2D eigenvalue weighted by molar-refractivity contribution is 0.102. The summed E-state index contributed by atoms with van der Waals surface area (Å²) in [6.07, 6.45) is 3.45. The molecule has 4 aromatic rings. The third-order valence-corrected chi connectivity index (χ3v) is 4.13. The van der Waals surface area contributed by atoms with Crippen molar-refractivity contribution in [3.8, 4) is 23.2 Å². The molecule has 8 nitrogen and oxygen atoms in total. The Morgan fingerprint density at radius 2 is 1.73 bits per heavy atom. The molecule has 4 rings (SSSR count). The molecule has 0 radical (unpaired) electrons. The van der Waals surface area contributed by atoms with E-state index in [0.29, 0.717) is 35.3 Å². The summed E-state index contributed by atoms with van der Waals surface area (Å²) in [5, 5.41) is 15.1. The normalized spacial score (nSPS) is 10.4. The molecule has 0 saturated heterocycles. The van der Waals surface area contributed by atoms with E-state index in [-0.39, 0.29) is 5.91 Å². The van der Waals surface area contributed by atoms with Crippen LogP contribution in [0.2, 0.25) is 0 Å². The number of carbonyl (C=O) groups excluding carboxylic acids is 1. The molecule has 2 aromatic carbocycles. The molecular weight excluding hydrogens is 382 g/mol. The number of aromatic nitrogens is 4. The van der Waals surface area contributed by atoms with Crippen molar-refractivity contribution >= 4 is 11.6 Å². The monoisotopic (exact) mass is 401 g/mol. The molecule has 0 atom stereocenters. The van der Waals surface area contributed by atoms with Gasteiger partial charge < -0.3 is 14.8 Å². The number of amides is 1. The van der Waals surface area contributed by atoms with Crippen LogP contribution in [0, 0.1) is 0 Å². The van der Waals surface area contributed by atoms with Crippen molar-refractivity contribution < 1.29 is 14.3 Å². The number of ether oxygens (including phenoxy) is 2. The zero-order chi connectivity index (χ0) is 20.8. The molecule has 0 saturated carbocycles. The van der Waals surface area contributed by atoms with Gasteiger partial charge in [0.25, 0.3) is 5.91 Å². The van der Waals surface area contributed by atoms with Gasteiger partial charge in [-0.15, -0.1) is 10.2 Å². The highest BCUT2D eigenvalue weighted by molar-refractivity contribution is 6.04. The second-order valence-corrected chi connectivity index (χ2v) is 6.22. The third-order valence-electron chi connectivity index (χ3n) is 4.13. The van der Waals surface area contributed by atoms with Crippen LogP contribution in [0.1, 0.15) is 17.3 Å². The Bertz CT molecular complexity index is 1090. The lowest BCUT2D eigenvalue weighted by atomic mass is 10.2. The van der Waals surface area contributed by atoms with Gasteiger partial charge in [-0.3, -0.25) is 4.79 Å². The van der Waals surface area contributed by atoms with E-state index >= 15 is 0 Å². The van der Waals surface area contributed by atoms with E-state index in [1.807, 2.05) is 13.0 Å². The van der Waals surface area contributed by atoms with Crippen molar-refractivity contribution in [2.24, 2.45) is 0 Å². The van der Waals surface area contributed by atoms with E-state index < -0.39 is 0 Å². The first-order chi connectivity index (χ1) is 14.7. The molecule has 1 amide bonds. The van der Waals surface area contributed by atoms with Crippen LogP contribution < -0.4 is 14.8 Å². The predicted molar refractivity (Wildman–Crippen MR) is 111 cm³/mol. The number of hydrogen-bond donors (Lipinski definition) is 1. The second-order valence-electron chi connectivity index (χ2n) is 6.22. The summed E-state index contributed by atoms with van der Waals surface area (Å²) in [5.41, 5.74) is 1.20. The minimum absolute atomic E-state index is 0.202. The van der Waals surface area contributed by atoms with Crippen LogP contribution in [0.25, 0.3) is 5.82 Å². The van der Waals surface area contributed by atoms with Crippen LogP contribution in [-0.4, -0.2) is 32.5 Å². The molecule has 1 N–H and O–H groups in total. The lowest BCUT2D eigenvalue weighted by Crippen LogP contribution is -2.11. The Kier molecular flexibility index (Phi) is 5.66. The molecule has 150 valence electrons. The van der Waals surface area contributed by atoms with Crippen molar-refractivity contribution in [1.82, 2.24) is 20.0 Å². The number of nitrogens with one attached hydrogen (secondary N) is 1. The van der Waals surface area contributed by atoms with Gasteiger partial charge in [0, 0.05) is 29.7 Å². The zero-order valence-electron chi connectivity index (χ0n) is 16.2. The van der Waals surface area contributed by atoms with Crippen LogP contribution in [0.3, 0.4) is 0 Å².